The van der Waals surface area contributed by atoms with Crippen molar-refractivity contribution in [3.8, 4) is 5.75 Å². The first-order valence-corrected chi connectivity index (χ1v) is 13.5. The van der Waals surface area contributed by atoms with E-state index in [0.29, 0.717) is 16.6 Å². The molecule has 0 aliphatic rings. The van der Waals surface area contributed by atoms with Crippen molar-refractivity contribution in [2.24, 2.45) is 0 Å². The van der Waals surface area contributed by atoms with E-state index >= 15 is 0 Å². The highest BCUT2D eigenvalue weighted by Gasteiger charge is 2.34. The zero-order valence-corrected chi connectivity index (χ0v) is 19.1. The van der Waals surface area contributed by atoms with Crippen LogP contribution in [0.2, 0.25) is 0 Å². The number of thioether (sulfide) groups is 1. The minimum absolute atomic E-state index is 0.00841. The van der Waals surface area contributed by atoms with Gasteiger partial charge in [-0.2, -0.15) is 20.5 Å². The highest BCUT2D eigenvalue weighted by molar-refractivity contribution is 9.10. The third-order valence-corrected chi connectivity index (χ3v) is 7.38. The molecule has 2 aromatic rings. The first-order chi connectivity index (χ1) is 13.5. The molecule has 160 valence electrons. The second-order valence-corrected chi connectivity index (χ2v) is 11.3. The van der Waals surface area contributed by atoms with E-state index in [1.54, 1.807) is 30.0 Å². The Bertz CT molecular complexity index is 940. The van der Waals surface area contributed by atoms with Crippen LogP contribution < -0.4 is 9.83 Å². The largest absolute Gasteiger partial charge is 0.442 e. The van der Waals surface area contributed by atoms with Gasteiger partial charge in [0.05, 0.1) is 9.78 Å². The molecule has 0 spiro atoms. The molecule has 0 aliphatic heterocycles. The molecule has 2 rings (SSSR count). The molecule has 0 amide bonds. The van der Waals surface area contributed by atoms with Crippen LogP contribution in [0.3, 0.4) is 0 Å². The van der Waals surface area contributed by atoms with Crippen LogP contribution in [0.1, 0.15) is 17.5 Å². The van der Waals surface area contributed by atoms with Gasteiger partial charge in [0.2, 0.25) is 0 Å². The Hall–Kier alpha value is -0.730. The molecular weight excluding hydrogens is 512 g/mol. The molecule has 0 heterocycles. The number of rotatable bonds is 10. The lowest BCUT2D eigenvalue weighted by Gasteiger charge is -2.14. The summed E-state index contributed by atoms with van der Waals surface area (Å²) in [6.45, 7) is 0. The van der Waals surface area contributed by atoms with Crippen LogP contribution in [0.25, 0.3) is 0 Å². The maximum Gasteiger partial charge on any atom is 0.442 e. The number of halogens is 3. The summed E-state index contributed by atoms with van der Waals surface area (Å²) in [5.41, 5.74) is 1.73. The van der Waals surface area contributed by atoms with Crippen LogP contribution in [0.15, 0.2) is 46.9 Å². The Morgan fingerprint density at radius 2 is 1.79 bits per heavy atom. The Kier molecular flexibility index (Phi) is 8.91. The van der Waals surface area contributed by atoms with E-state index < -0.39 is 21.4 Å². The minimum Gasteiger partial charge on any atom is -0.420 e. The van der Waals surface area contributed by atoms with Crippen molar-refractivity contribution in [2.45, 2.75) is 24.8 Å². The summed E-state index contributed by atoms with van der Waals surface area (Å²) in [5.74, 6) is 1.30. The molecule has 0 saturated carbocycles. The summed E-state index contributed by atoms with van der Waals surface area (Å²) >= 11 is 4.78. The molecule has 0 aliphatic carbocycles. The van der Waals surface area contributed by atoms with E-state index in [9.17, 15) is 27.7 Å². The van der Waals surface area contributed by atoms with E-state index in [-0.39, 0.29) is 11.1 Å². The first kappa shape index (κ1) is 24.5. The van der Waals surface area contributed by atoms with Crippen LogP contribution in [0.5, 0.6) is 5.75 Å². The van der Waals surface area contributed by atoms with Gasteiger partial charge in [-0.1, -0.05) is 18.2 Å². The molecule has 0 aromatic heterocycles. The average molecular weight is 531 g/mol. The molecule has 0 fully saturated rings. The maximum atomic E-state index is 12.5. The predicted molar refractivity (Wildman–Crippen MR) is 113 cm³/mol. The highest BCUT2D eigenvalue weighted by Crippen LogP contribution is 2.50. The highest BCUT2D eigenvalue weighted by atomic mass is 79.9. The molecule has 29 heavy (non-hydrogen) atoms. The molecule has 0 radical (unpaired) electrons. The van der Waals surface area contributed by atoms with Crippen molar-refractivity contribution in [3.05, 3.63) is 58.1 Å². The van der Waals surface area contributed by atoms with Crippen molar-refractivity contribution in [1.29, 1.82) is 0 Å². The van der Waals surface area contributed by atoms with Gasteiger partial charge >= 0.3 is 21.4 Å². The quantitative estimate of drug-likeness (QED) is 0.296. The molecule has 6 nitrogen and oxygen atoms in total. The van der Waals surface area contributed by atoms with Gasteiger partial charge < -0.3 is 19.2 Å². The second-order valence-electron chi connectivity index (χ2n) is 6.07. The van der Waals surface area contributed by atoms with E-state index in [1.807, 2.05) is 6.07 Å². The number of hydrogen-bond acceptors (Lipinski definition) is 4. The molecule has 12 heteroatoms. The van der Waals surface area contributed by atoms with Crippen LogP contribution in [0.4, 0.5) is 8.78 Å². The fourth-order valence-electron chi connectivity index (χ4n) is 2.35. The second kappa shape index (κ2) is 10.5. The topological polar surface area (TPSA) is 104 Å². The van der Waals surface area contributed by atoms with E-state index in [2.05, 4.69) is 20.5 Å². The summed E-state index contributed by atoms with van der Waals surface area (Å²) < 4.78 is 52.3. The van der Waals surface area contributed by atoms with Crippen molar-refractivity contribution in [1.82, 2.24) is 0 Å². The molecule has 3 N–H and O–H groups in total. The number of aryl methyl sites for hydroxylation is 1. The fourth-order valence-corrected chi connectivity index (χ4v) is 5.03. The minimum atomic E-state index is -5.02. The predicted octanol–water partition coefficient (Wildman–Crippen LogP) is 4.90. The van der Waals surface area contributed by atoms with Crippen molar-refractivity contribution < 1.29 is 37.1 Å². The molecular formula is C17H19BrF2O6P2S. The van der Waals surface area contributed by atoms with Gasteiger partial charge in [0.15, 0.2) is 0 Å². The third-order valence-electron chi connectivity index (χ3n) is 3.74. The normalized spacial score (nSPS) is 14.0. The monoisotopic (exact) mass is 530 g/mol. The van der Waals surface area contributed by atoms with Gasteiger partial charge in [-0.3, -0.25) is 4.57 Å². The van der Waals surface area contributed by atoms with E-state index in [4.69, 9.17) is 4.89 Å². The average Bonchev–Trinajstić information content (AvgIpc) is 2.63. The molecule has 1 unspecified atom stereocenters. The summed E-state index contributed by atoms with van der Waals surface area (Å²) in [6.07, 6.45) is -2.00. The SMILES string of the molecule is O=P(O)(O)c1cccc(CCCSCc2ccc(OP(=O)(O)C(F)F)c(Br)c2)c1. The van der Waals surface area contributed by atoms with Gasteiger partial charge in [0, 0.05) is 5.75 Å². The zero-order valence-electron chi connectivity index (χ0n) is 15.0. The maximum absolute atomic E-state index is 12.5. The number of benzene rings is 2. The molecule has 1 atom stereocenters. The lowest BCUT2D eigenvalue weighted by molar-refractivity contribution is 0.188. The number of hydrogen-bond donors (Lipinski definition) is 3. The Balaban J connectivity index is 1.82. The van der Waals surface area contributed by atoms with Gasteiger partial charge in [-0.25, -0.2) is 4.57 Å². The first-order valence-electron chi connectivity index (χ1n) is 8.30. The standard InChI is InChI=1S/C17H19BrF2O6P2S/c18-15-10-13(6-7-16(15)26-28(24,25)17(19)20)11-29-8-2-4-12-3-1-5-14(9-12)27(21,22)23/h1,3,5-7,9-10,17H,2,4,8,11H2,(H,24,25)(H2,21,22,23). The van der Waals surface area contributed by atoms with Gasteiger partial charge in [-0.05, 0) is 69.9 Å². The van der Waals surface area contributed by atoms with Gasteiger partial charge in [0.25, 0.3) is 0 Å². The lowest BCUT2D eigenvalue weighted by atomic mass is 10.1. The molecule has 0 bridgehead atoms. The van der Waals surface area contributed by atoms with Crippen molar-refractivity contribution in [3.63, 3.8) is 0 Å². The van der Waals surface area contributed by atoms with Gasteiger partial charge in [0.1, 0.15) is 5.75 Å². The summed E-state index contributed by atoms with van der Waals surface area (Å²) in [4.78, 5) is 27.5. The Labute approximate surface area is 179 Å². The summed E-state index contributed by atoms with van der Waals surface area (Å²) in [5, 5.41) is 0.00841. The third kappa shape index (κ3) is 7.79. The lowest BCUT2D eigenvalue weighted by Crippen LogP contribution is -2.04. The summed E-state index contributed by atoms with van der Waals surface area (Å²) in [7, 11) is -9.27. The van der Waals surface area contributed by atoms with Crippen LogP contribution in [-0.2, 0) is 21.3 Å². The van der Waals surface area contributed by atoms with E-state index in [1.165, 1.54) is 18.2 Å². The Morgan fingerprint density at radius 1 is 1.07 bits per heavy atom. The smallest absolute Gasteiger partial charge is 0.420 e. The summed E-state index contributed by atoms with van der Waals surface area (Å²) in [6, 6.07) is 11.0. The van der Waals surface area contributed by atoms with Crippen LogP contribution >= 0.6 is 42.9 Å². The zero-order chi connectivity index (χ0) is 21.7. The fraction of sp³-hybridized carbons (Fsp3) is 0.294. The Morgan fingerprint density at radius 3 is 2.41 bits per heavy atom. The van der Waals surface area contributed by atoms with E-state index in [0.717, 1.165) is 23.3 Å². The van der Waals surface area contributed by atoms with Crippen molar-refractivity contribution in [2.75, 3.05) is 5.75 Å². The molecule has 0 saturated heterocycles. The van der Waals surface area contributed by atoms with Gasteiger partial charge in [-0.15, -0.1) is 0 Å². The van der Waals surface area contributed by atoms with Crippen LogP contribution in [0, 0.1) is 0 Å². The number of alkyl halides is 2. The molecule has 2 aromatic carbocycles. The van der Waals surface area contributed by atoms with Crippen LogP contribution in [-0.4, -0.2) is 26.6 Å². The van der Waals surface area contributed by atoms with Crippen molar-refractivity contribution >= 4 is 48.2 Å².